The van der Waals surface area contributed by atoms with E-state index in [4.69, 9.17) is 16.3 Å². The van der Waals surface area contributed by atoms with E-state index in [0.29, 0.717) is 42.5 Å². The minimum absolute atomic E-state index is 0.165. The van der Waals surface area contributed by atoms with Gasteiger partial charge in [0.2, 0.25) is 0 Å². The number of hydrazone groups is 1. The number of alkyl halides is 1. The fourth-order valence-electron chi connectivity index (χ4n) is 3.76. The van der Waals surface area contributed by atoms with Gasteiger partial charge < -0.3 is 9.64 Å². The van der Waals surface area contributed by atoms with Crippen molar-refractivity contribution in [3.05, 3.63) is 65.5 Å². The van der Waals surface area contributed by atoms with Gasteiger partial charge in [0.05, 0.1) is 24.3 Å². The van der Waals surface area contributed by atoms with Gasteiger partial charge in [-0.3, -0.25) is 0 Å². The number of fused-ring (bicyclic) bond motifs is 3. The van der Waals surface area contributed by atoms with E-state index in [0.717, 1.165) is 5.56 Å². The predicted octanol–water partition coefficient (Wildman–Crippen LogP) is 4.28. The summed E-state index contributed by atoms with van der Waals surface area (Å²) in [6, 6.07) is 13.6. The predicted molar refractivity (Wildman–Crippen MR) is 106 cm³/mol. The molecule has 0 saturated heterocycles. The van der Waals surface area contributed by atoms with Gasteiger partial charge in [-0.25, -0.2) is 14.2 Å². The highest BCUT2D eigenvalue weighted by Crippen LogP contribution is 2.42. The average molecular weight is 402 g/mol. The van der Waals surface area contributed by atoms with E-state index in [1.54, 1.807) is 18.0 Å². The minimum Gasteiger partial charge on any atom is -0.492 e. The summed E-state index contributed by atoms with van der Waals surface area (Å²) in [7, 11) is 1.74. The molecule has 2 aromatic carbocycles. The van der Waals surface area contributed by atoms with Crippen LogP contribution in [-0.2, 0) is 0 Å². The molecule has 0 spiro atoms. The van der Waals surface area contributed by atoms with Gasteiger partial charge in [-0.2, -0.15) is 5.10 Å². The van der Waals surface area contributed by atoms with E-state index in [1.165, 1.54) is 17.1 Å². The van der Waals surface area contributed by atoms with Crippen molar-refractivity contribution < 1.29 is 13.9 Å². The van der Waals surface area contributed by atoms with E-state index in [1.807, 2.05) is 30.3 Å². The van der Waals surface area contributed by atoms with Crippen LogP contribution in [0.1, 0.15) is 23.6 Å². The molecular formula is C21H21ClFN3O2. The summed E-state index contributed by atoms with van der Waals surface area (Å²) in [6.07, 6.45) is 0.699. The molecule has 28 heavy (non-hydrogen) atoms. The van der Waals surface area contributed by atoms with Crippen LogP contribution in [-0.4, -0.2) is 47.7 Å². The maximum absolute atomic E-state index is 13.9. The lowest BCUT2D eigenvalue weighted by Gasteiger charge is -2.31. The Morgan fingerprint density at radius 2 is 2.11 bits per heavy atom. The normalized spacial score (nSPS) is 20.1. The summed E-state index contributed by atoms with van der Waals surface area (Å²) < 4.78 is 19.8. The lowest BCUT2D eigenvalue weighted by molar-refractivity contribution is 0.133. The minimum atomic E-state index is -0.356. The maximum Gasteiger partial charge on any atom is 0.340 e. The van der Waals surface area contributed by atoms with Crippen LogP contribution < -0.4 is 4.74 Å². The van der Waals surface area contributed by atoms with Crippen LogP contribution in [0.3, 0.4) is 0 Å². The van der Waals surface area contributed by atoms with Gasteiger partial charge in [0.15, 0.2) is 0 Å². The number of urea groups is 1. The van der Waals surface area contributed by atoms with Gasteiger partial charge in [0.1, 0.15) is 11.6 Å². The number of hydrogen-bond donors (Lipinski definition) is 0. The summed E-state index contributed by atoms with van der Waals surface area (Å²) >= 11 is 5.77. The highest BCUT2D eigenvalue weighted by molar-refractivity contribution is 6.17. The van der Waals surface area contributed by atoms with Gasteiger partial charge in [-0.1, -0.05) is 30.3 Å². The van der Waals surface area contributed by atoms with Gasteiger partial charge in [0, 0.05) is 25.0 Å². The number of carbonyl (C=O) groups is 1. The van der Waals surface area contributed by atoms with Gasteiger partial charge in [-0.15, -0.1) is 11.6 Å². The zero-order valence-corrected chi connectivity index (χ0v) is 16.3. The van der Waals surface area contributed by atoms with Crippen molar-refractivity contribution in [2.45, 2.75) is 12.5 Å². The Hall–Kier alpha value is -2.60. The third kappa shape index (κ3) is 3.33. The number of hydrogen-bond acceptors (Lipinski definition) is 3. The fourth-order valence-corrected chi connectivity index (χ4v) is 3.88. The van der Waals surface area contributed by atoms with Gasteiger partial charge >= 0.3 is 6.03 Å². The van der Waals surface area contributed by atoms with Crippen LogP contribution in [0.5, 0.6) is 5.75 Å². The highest BCUT2D eigenvalue weighted by atomic mass is 35.5. The zero-order valence-electron chi connectivity index (χ0n) is 15.5. The second kappa shape index (κ2) is 7.80. The highest BCUT2D eigenvalue weighted by Gasteiger charge is 2.45. The number of halogens is 2. The summed E-state index contributed by atoms with van der Waals surface area (Å²) in [6.45, 7) is 0.920. The van der Waals surface area contributed by atoms with Crippen molar-refractivity contribution in [3.63, 3.8) is 0 Å². The first-order chi connectivity index (χ1) is 13.6. The zero-order chi connectivity index (χ0) is 19.7. The largest absolute Gasteiger partial charge is 0.492 e. The lowest BCUT2D eigenvalue weighted by atomic mass is 9.86. The molecule has 2 aliphatic heterocycles. The molecule has 7 heteroatoms. The fraction of sp³-hybridized carbons (Fsp3) is 0.333. The Labute approximate surface area is 168 Å². The second-order valence-electron chi connectivity index (χ2n) is 6.99. The molecule has 2 amide bonds. The molecule has 2 heterocycles. The summed E-state index contributed by atoms with van der Waals surface area (Å²) in [5.41, 5.74) is 2.26. The quantitative estimate of drug-likeness (QED) is 0.718. The molecule has 0 saturated carbocycles. The molecule has 2 aliphatic rings. The second-order valence-corrected chi connectivity index (χ2v) is 7.37. The molecule has 4 rings (SSSR count). The summed E-state index contributed by atoms with van der Waals surface area (Å²) in [5, 5.41) is 6.17. The van der Waals surface area contributed by atoms with Crippen molar-refractivity contribution in [1.29, 1.82) is 0 Å². The maximum atomic E-state index is 13.9. The molecule has 0 aliphatic carbocycles. The van der Waals surface area contributed by atoms with Crippen LogP contribution in [0, 0.1) is 11.7 Å². The molecule has 2 unspecified atom stereocenters. The molecule has 0 bridgehead atoms. The third-order valence-corrected chi connectivity index (χ3v) is 5.41. The number of nitrogens with zero attached hydrogens (tertiary/aromatic N) is 3. The van der Waals surface area contributed by atoms with E-state index < -0.39 is 0 Å². The lowest BCUT2D eigenvalue weighted by Crippen LogP contribution is -2.41. The molecule has 146 valence electrons. The Kier molecular flexibility index (Phi) is 5.22. The Bertz CT molecular complexity index is 906. The molecule has 5 nitrogen and oxygen atoms in total. The number of ether oxygens (including phenoxy) is 1. The molecule has 0 radical (unpaired) electrons. The monoisotopic (exact) mass is 401 g/mol. The van der Waals surface area contributed by atoms with Crippen LogP contribution in [0.2, 0.25) is 0 Å². The number of amides is 2. The first kappa shape index (κ1) is 18.7. The topological polar surface area (TPSA) is 45.1 Å². The molecule has 0 aromatic heterocycles. The smallest absolute Gasteiger partial charge is 0.340 e. The SMILES string of the molecule is CN(CCCCl)C(=O)N1N=C2c3cc(F)ccc3OCC2C1c1ccccc1. The molecular weight excluding hydrogens is 381 g/mol. The number of rotatable bonds is 4. The Morgan fingerprint density at radius 3 is 2.86 bits per heavy atom. The summed E-state index contributed by atoms with van der Waals surface area (Å²) in [4.78, 5) is 14.8. The van der Waals surface area contributed by atoms with Crippen LogP contribution in [0.4, 0.5) is 9.18 Å². The van der Waals surface area contributed by atoms with E-state index in [-0.39, 0.29) is 23.8 Å². The van der Waals surface area contributed by atoms with Gasteiger partial charge in [-0.05, 0) is 30.2 Å². The standard InChI is InChI=1S/C21H21ClFN3O2/c1-25(11-5-10-22)21(27)26-20(14-6-3-2-4-7-14)17-13-28-18-9-8-15(23)12-16(18)19(17)24-26/h2-4,6-9,12,17,20H,5,10-11,13H2,1H3. The Balaban J connectivity index is 1.74. The van der Waals surface area contributed by atoms with Crippen molar-refractivity contribution in [1.82, 2.24) is 9.91 Å². The number of benzene rings is 2. The first-order valence-electron chi connectivity index (χ1n) is 9.26. The van der Waals surface area contributed by atoms with Crippen molar-refractivity contribution in [3.8, 4) is 5.75 Å². The number of carbonyl (C=O) groups excluding carboxylic acids is 1. The molecule has 0 fully saturated rings. The van der Waals surface area contributed by atoms with Crippen LogP contribution >= 0.6 is 11.6 Å². The van der Waals surface area contributed by atoms with Crippen LogP contribution in [0.15, 0.2) is 53.6 Å². The molecule has 2 atom stereocenters. The average Bonchev–Trinajstić information content (AvgIpc) is 3.12. The molecule has 2 aromatic rings. The third-order valence-electron chi connectivity index (χ3n) is 5.14. The first-order valence-corrected chi connectivity index (χ1v) is 9.80. The van der Waals surface area contributed by atoms with Crippen molar-refractivity contribution in [2.24, 2.45) is 11.0 Å². The Morgan fingerprint density at radius 1 is 1.32 bits per heavy atom. The van der Waals surface area contributed by atoms with E-state index in [9.17, 15) is 9.18 Å². The molecule has 0 N–H and O–H groups in total. The van der Waals surface area contributed by atoms with Gasteiger partial charge in [0.25, 0.3) is 0 Å². The van der Waals surface area contributed by atoms with Crippen LogP contribution in [0.25, 0.3) is 0 Å². The summed E-state index contributed by atoms with van der Waals surface area (Å²) in [5.74, 6) is 0.554. The van der Waals surface area contributed by atoms with Crippen molar-refractivity contribution >= 4 is 23.3 Å². The van der Waals surface area contributed by atoms with E-state index >= 15 is 0 Å². The van der Waals surface area contributed by atoms with Crippen molar-refractivity contribution in [2.75, 3.05) is 26.1 Å². The van der Waals surface area contributed by atoms with E-state index in [2.05, 4.69) is 5.10 Å².